The molecule has 0 spiro atoms. The number of aliphatic imine (C=N–C) groups is 1. The third-order valence-electron chi connectivity index (χ3n) is 5.19. The molecule has 12 heteroatoms. The van der Waals surface area contributed by atoms with E-state index in [9.17, 15) is 24.9 Å². The van der Waals surface area contributed by atoms with Gasteiger partial charge in [0, 0.05) is 27.2 Å². The van der Waals surface area contributed by atoms with Gasteiger partial charge in [0.2, 0.25) is 0 Å². The van der Waals surface area contributed by atoms with Crippen LogP contribution in [0.4, 0.5) is 0 Å². The smallest absolute Gasteiger partial charge is 0.328 e. The van der Waals surface area contributed by atoms with Crippen LogP contribution in [0.25, 0.3) is 0 Å². The Bertz CT molecular complexity index is 1060. The van der Waals surface area contributed by atoms with Crippen LogP contribution in [0, 0.1) is 0 Å². The molecule has 0 aliphatic rings. The summed E-state index contributed by atoms with van der Waals surface area (Å²) in [5.74, 6) is -1.59. The molecule has 6 N–H and O–H groups in total. The van der Waals surface area contributed by atoms with Gasteiger partial charge in [-0.25, -0.2) is 4.79 Å². The van der Waals surface area contributed by atoms with Gasteiger partial charge in [0.05, 0.1) is 28.3 Å². The van der Waals surface area contributed by atoms with Crippen LogP contribution in [0.3, 0.4) is 0 Å². The molecule has 2 aromatic carbocycles. The summed E-state index contributed by atoms with van der Waals surface area (Å²) in [6.07, 6.45) is -0.0922. The summed E-state index contributed by atoms with van der Waals surface area (Å²) in [6, 6.07) is 8.15. The second-order valence-electron chi connectivity index (χ2n) is 7.82. The zero-order valence-electron chi connectivity index (χ0n) is 19.9. The largest absolute Gasteiger partial charge is 0.508 e. The highest BCUT2D eigenvalue weighted by molar-refractivity contribution is 6.39. The van der Waals surface area contributed by atoms with Crippen LogP contribution in [0.15, 0.2) is 41.4 Å². The normalized spacial score (nSPS) is 13.1. The van der Waals surface area contributed by atoms with Crippen molar-refractivity contribution in [2.75, 3.05) is 33.9 Å². The number of phenols is 1. The number of ether oxygens (including phenoxy) is 1. The predicted octanol–water partition coefficient (Wildman–Crippen LogP) is 2.36. The fraction of sp³-hybridized carbons (Fsp3) is 0.375. The van der Waals surface area contributed by atoms with E-state index in [1.165, 1.54) is 19.2 Å². The summed E-state index contributed by atoms with van der Waals surface area (Å²) in [4.78, 5) is 28.5. The van der Waals surface area contributed by atoms with E-state index in [0.717, 1.165) is 0 Å². The third-order valence-corrected chi connectivity index (χ3v) is 5.79. The lowest BCUT2D eigenvalue weighted by atomic mass is 10.00. The molecule has 1 unspecified atom stereocenters. The average Bonchev–Trinajstić information content (AvgIpc) is 2.83. The molecule has 10 nitrogen and oxygen atoms in total. The van der Waals surface area contributed by atoms with Gasteiger partial charge in [-0.2, -0.15) is 0 Å². The van der Waals surface area contributed by atoms with Crippen molar-refractivity contribution in [3.8, 4) is 5.75 Å². The van der Waals surface area contributed by atoms with Crippen LogP contribution in [0.1, 0.15) is 34.0 Å². The summed E-state index contributed by atoms with van der Waals surface area (Å²) in [6.45, 7) is 0.748. The van der Waals surface area contributed by atoms with Gasteiger partial charge in [0.15, 0.2) is 5.96 Å². The van der Waals surface area contributed by atoms with Crippen molar-refractivity contribution in [3.63, 3.8) is 0 Å². The van der Waals surface area contributed by atoms with E-state index in [0.29, 0.717) is 43.1 Å². The molecule has 36 heavy (non-hydrogen) atoms. The van der Waals surface area contributed by atoms with Gasteiger partial charge < -0.3 is 36.0 Å². The lowest BCUT2D eigenvalue weighted by Gasteiger charge is -2.19. The summed E-state index contributed by atoms with van der Waals surface area (Å²) < 4.78 is 4.94. The number of phenolic OH excluding ortho intramolecular Hbond substituents is 1. The molecule has 0 radical (unpaired) electrons. The number of carboxylic acids is 1. The second kappa shape index (κ2) is 14.5. The van der Waals surface area contributed by atoms with E-state index >= 15 is 0 Å². The molecule has 0 heterocycles. The summed E-state index contributed by atoms with van der Waals surface area (Å²) in [5.41, 5.74) is 1.20. The van der Waals surface area contributed by atoms with E-state index in [2.05, 4.69) is 20.9 Å². The lowest BCUT2D eigenvalue weighted by molar-refractivity contribution is -0.139. The van der Waals surface area contributed by atoms with Crippen molar-refractivity contribution >= 4 is 41.0 Å². The fourth-order valence-electron chi connectivity index (χ4n) is 3.31. The average molecular weight is 541 g/mol. The summed E-state index contributed by atoms with van der Waals surface area (Å²) in [5, 5.41) is 37.8. The maximum absolute atomic E-state index is 12.8. The number of aliphatic carboxylic acids is 1. The number of aromatic hydroxyl groups is 1. The Morgan fingerprint density at radius 3 is 2.42 bits per heavy atom. The number of carbonyl (C=O) groups is 2. The third kappa shape index (κ3) is 8.87. The van der Waals surface area contributed by atoms with Crippen LogP contribution in [-0.2, 0) is 16.0 Å². The Morgan fingerprint density at radius 1 is 1.14 bits per heavy atom. The quantitative estimate of drug-likeness (QED) is 0.136. The molecule has 2 rings (SSSR count). The number of halogens is 2. The number of aliphatic hydroxyl groups excluding tert-OH is 1. The first-order valence-electron chi connectivity index (χ1n) is 11.1. The zero-order chi connectivity index (χ0) is 26.7. The number of carbonyl (C=O) groups excluding carboxylic acids is 1. The molecule has 1 amide bonds. The van der Waals surface area contributed by atoms with Crippen molar-refractivity contribution in [3.05, 3.63) is 63.1 Å². The molecule has 2 atom stereocenters. The summed E-state index contributed by atoms with van der Waals surface area (Å²) >= 11 is 12.6. The Balaban J connectivity index is 2.03. The zero-order valence-corrected chi connectivity index (χ0v) is 21.4. The van der Waals surface area contributed by atoms with E-state index in [1.54, 1.807) is 31.4 Å². The number of hydrogen-bond donors (Lipinski definition) is 6. The van der Waals surface area contributed by atoms with Gasteiger partial charge in [-0.05, 0) is 48.2 Å². The number of methoxy groups -OCH3 is 1. The molecule has 196 valence electrons. The van der Waals surface area contributed by atoms with Gasteiger partial charge in [-0.1, -0.05) is 35.3 Å². The maximum atomic E-state index is 12.8. The van der Waals surface area contributed by atoms with Crippen LogP contribution < -0.4 is 16.0 Å². The second-order valence-corrected chi connectivity index (χ2v) is 8.64. The number of carboxylic acid groups (broad SMARTS) is 1. The molecule has 0 saturated heterocycles. The number of rotatable bonds is 12. The van der Waals surface area contributed by atoms with Crippen molar-refractivity contribution in [2.24, 2.45) is 4.99 Å². The number of benzene rings is 2. The highest BCUT2D eigenvalue weighted by Crippen LogP contribution is 2.29. The van der Waals surface area contributed by atoms with Crippen LogP contribution >= 0.6 is 23.2 Å². The SMILES string of the molecule is CN=C(NCCOC)NC[C@H](NC(=O)c1c(Cl)cc(CCC(O)c2cccc(O)c2)cc1Cl)C(=O)O. The Hall–Kier alpha value is -3.05. The highest BCUT2D eigenvalue weighted by atomic mass is 35.5. The number of guanidine groups is 1. The van der Waals surface area contributed by atoms with Gasteiger partial charge in [-0.3, -0.25) is 9.79 Å². The molecule has 0 bridgehead atoms. The monoisotopic (exact) mass is 540 g/mol. The topological polar surface area (TPSA) is 153 Å². The number of nitrogens with one attached hydrogen (secondary N) is 3. The molecule has 0 saturated carbocycles. The summed E-state index contributed by atoms with van der Waals surface area (Å²) in [7, 11) is 3.08. The predicted molar refractivity (Wildman–Crippen MR) is 138 cm³/mol. The van der Waals surface area contributed by atoms with Crippen LogP contribution in [0.5, 0.6) is 5.75 Å². The van der Waals surface area contributed by atoms with Gasteiger partial charge in [0.1, 0.15) is 11.8 Å². The first kappa shape index (κ1) is 29.2. The maximum Gasteiger partial charge on any atom is 0.328 e. The minimum atomic E-state index is -1.29. The minimum absolute atomic E-state index is 0.0514. The Labute approximate surface area is 219 Å². The van der Waals surface area contributed by atoms with E-state index in [4.69, 9.17) is 27.9 Å². The van der Waals surface area contributed by atoms with Crippen molar-refractivity contribution in [1.29, 1.82) is 0 Å². The molecular formula is C24H30Cl2N4O6. The number of aryl methyl sites for hydroxylation is 1. The number of amides is 1. The lowest BCUT2D eigenvalue weighted by Crippen LogP contribution is -2.51. The van der Waals surface area contributed by atoms with Crippen molar-refractivity contribution < 1.29 is 29.6 Å². The molecule has 0 aliphatic carbocycles. The number of aliphatic hydroxyl groups is 1. The van der Waals surface area contributed by atoms with E-state index in [1.807, 2.05) is 0 Å². The first-order chi connectivity index (χ1) is 17.2. The number of hydrogen-bond acceptors (Lipinski definition) is 6. The van der Waals surface area contributed by atoms with E-state index < -0.39 is 24.0 Å². The van der Waals surface area contributed by atoms with Crippen molar-refractivity contribution in [2.45, 2.75) is 25.0 Å². The highest BCUT2D eigenvalue weighted by Gasteiger charge is 2.24. The fourth-order valence-corrected chi connectivity index (χ4v) is 4.01. The van der Waals surface area contributed by atoms with Gasteiger partial charge in [-0.15, -0.1) is 0 Å². The molecular weight excluding hydrogens is 511 g/mol. The minimum Gasteiger partial charge on any atom is -0.508 e. The molecule has 2 aromatic rings. The van der Waals surface area contributed by atoms with Crippen LogP contribution in [0.2, 0.25) is 10.0 Å². The first-order valence-corrected chi connectivity index (χ1v) is 11.8. The molecule has 0 aliphatic heterocycles. The van der Waals surface area contributed by atoms with Crippen molar-refractivity contribution in [1.82, 2.24) is 16.0 Å². The standard InChI is InChI=1S/C24H30Cl2N4O6/c1-27-24(28-8-9-36-2)29-13-19(23(34)35)30-22(33)21-17(25)10-14(11-18(21)26)6-7-20(32)15-4-3-5-16(31)12-15/h3-5,10-12,19-20,31-32H,6-9,13H2,1-2H3,(H,30,33)(H,34,35)(H2,27,28,29)/t19-,20?/m0/s1. The Kier molecular flexibility index (Phi) is 11.7. The van der Waals surface area contributed by atoms with Crippen LogP contribution in [-0.4, -0.2) is 73.1 Å². The number of nitrogens with zero attached hydrogens (tertiary/aromatic N) is 1. The molecule has 0 fully saturated rings. The van der Waals surface area contributed by atoms with E-state index in [-0.39, 0.29) is 27.9 Å². The molecule has 0 aromatic heterocycles. The van der Waals surface area contributed by atoms with Gasteiger partial charge >= 0.3 is 5.97 Å². The van der Waals surface area contributed by atoms with Gasteiger partial charge in [0.25, 0.3) is 5.91 Å². The Morgan fingerprint density at radius 2 is 1.83 bits per heavy atom.